The number of fused-ring (bicyclic) bond motifs is 1. The number of esters is 1. The maximum absolute atomic E-state index is 11.3. The molecule has 1 aromatic carbocycles. The molecule has 0 radical (unpaired) electrons. The first kappa shape index (κ1) is 8.22. The van der Waals surface area contributed by atoms with Crippen molar-refractivity contribution in [3.8, 4) is 0 Å². The van der Waals surface area contributed by atoms with Crippen LogP contribution in [0.5, 0.6) is 0 Å². The highest BCUT2D eigenvalue weighted by atomic mass is 16.6. The van der Waals surface area contributed by atoms with Gasteiger partial charge in [0.15, 0.2) is 0 Å². The highest BCUT2D eigenvalue weighted by molar-refractivity contribution is 5.94. The minimum Gasteiger partial charge on any atom is -0.434 e. The van der Waals surface area contributed by atoms with E-state index in [1.54, 1.807) is 31.2 Å². The highest BCUT2D eigenvalue weighted by Crippen LogP contribution is 2.32. The largest absolute Gasteiger partial charge is 0.434 e. The lowest BCUT2D eigenvalue weighted by Gasteiger charge is -2.21. The summed E-state index contributed by atoms with van der Waals surface area (Å²) in [5.41, 5.74) is 2.03. The molecule has 1 aliphatic rings. The van der Waals surface area contributed by atoms with Crippen molar-refractivity contribution in [3.05, 3.63) is 35.4 Å². The van der Waals surface area contributed by atoms with Crippen molar-refractivity contribution in [1.82, 2.24) is 5.48 Å². The zero-order valence-corrected chi connectivity index (χ0v) is 7.07. The molecular weight excluding hydrogens is 170 g/mol. The van der Waals surface area contributed by atoms with Crippen molar-refractivity contribution in [2.75, 3.05) is 0 Å². The van der Waals surface area contributed by atoms with Gasteiger partial charge in [0.1, 0.15) is 0 Å². The first-order chi connectivity index (χ1) is 6.17. The van der Waals surface area contributed by atoms with Gasteiger partial charge in [-0.25, -0.2) is 4.79 Å². The predicted molar refractivity (Wildman–Crippen MR) is 44.1 cm³/mol. The van der Waals surface area contributed by atoms with Gasteiger partial charge in [0, 0.05) is 5.56 Å². The van der Waals surface area contributed by atoms with Gasteiger partial charge in [-0.3, -0.25) is 0 Å². The van der Waals surface area contributed by atoms with Crippen molar-refractivity contribution in [2.24, 2.45) is 0 Å². The third-order valence-corrected chi connectivity index (χ3v) is 2.17. The lowest BCUT2D eigenvalue weighted by atomic mass is 10.0. The van der Waals surface area contributed by atoms with Crippen LogP contribution in [-0.4, -0.2) is 11.2 Å². The summed E-state index contributed by atoms with van der Waals surface area (Å²) in [4.78, 5) is 11.3. The van der Waals surface area contributed by atoms with Crippen LogP contribution in [-0.2, 0) is 10.5 Å². The standard InChI is InChI=1S/C9H9NO3/c1-9(10-12)7-5-3-2-4-6(7)8(11)13-9/h2-5,10,12H,1H3/t9-/m1/s1. The van der Waals surface area contributed by atoms with Gasteiger partial charge < -0.3 is 9.94 Å². The van der Waals surface area contributed by atoms with Crippen LogP contribution in [0.1, 0.15) is 22.8 Å². The molecule has 68 valence electrons. The summed E-state index contributed by atoms with van der Waals surface area (Å²) in [6, 6.07) is 6.95. The molecule has 1 heterocycles. The number of cyclic esters (lactones) is 1. The van der Waals surface area contributed by atoms with E-state index in [9.17, 15) is 4.79 Å². The van der Waals surface area contributed by atoms with Crippen LogP contribution in [0, 0.1) is 0 Å². The third-order valence-electron chi connectivity index (χ3n) is 2.17. The summed E-state index contributed by atoms with van der Waals surface area (Å²) in [6.07, 6.45) is 0. The molecule has 4 nitrogen and oxygen atoms in total. The zero-order chi connectivity index (χ0) is 9.47. The van der Waals surface area contributed by atoms with E-state index in [-0.39, 0.29) is 0 Å². The van der Waals surface area contributed by atoms with E-state index >= 15 is 0 Å². The molecule has 0 spiro atoms. The lowest BCUT2D eigenvalue weighted by Crippen LogP contribution is -2.37. The summed E-state index contributed by atoms with van der Waals surface area (Å²) >= 11 is 0. The molecule has 0 saturated heterocycles. The van der Waals surface area contributed by atoms with Gasteiger partial charge in [-0.2, -0.15) is 5.48 Å². The fourth-order valence-corrected chi connectivity index (χ4v) is 1.46. The molecule has 0 saturated carbocycles. The Bertz CT molecular complexity index is 364. The SMILES string of the molecule is C[C@@]1(NO)OC(=O)c2ccccc21. The summed E-state index contributed by atoms with van der Waals surface area (Å²) in [7, 11) is 0. The van der Waals surface area contributed by atoms with Crippen molar-refractivity contribution >= 4 is 5.97 Å². The fraction of sp³-hybridized carbons (Fsp3) is 0.222. The van der Waals surface area contributed by atoms with Crippen molar-refractivity contribution in [1.29, 1.82) is 0 Å². The van der Waals surface area contributed by atoms with Gasteiger partial charge >= 0.3 is 5.97 Å². The molecule has 0 amide bonds. The second kappa shape index (κ2) is 2.55. The van der Waals surface area contributed by atoms with Crippen LogP contribution in [0.15, 0.2) is 24.3 Å². The van der Waals surface area contributed by atoms with Crippen LogP contribution in [0.2, 0.25) is 0 Å². The van der Waals surface area contributed by atoms with E-state index in [2.05, 4.69) is 0 Å². The molecule has 2 rings (SSSR count). The summed E-state index contributed by atoms with van der Waals surface area (Å²) in [5.74, 6) is -0.417. The Balaban J connectivity index is 2.59. The Labute approximate surface area is 75.1 Å². The highest BCUT2D eigenvalue weighted by Gasteiger charge is 2.40. The first-order valence-electron chi connectivity index (χ1n) is 3.91. The van der Waals surface area contributed by atoms with Crippen LogP contribution in [0.4, 0.5) is 0 Å². The van der Waals surface area contributed by atoms with Crippen molar-refractivity contribution in [2.45, 2.75) is 12.6 Å². The van der Waals surface area contributed by atoms with Crippen molar-refractivity contribution < 1.29 is 14.7 Å². The third kappa shape index (κ3) is 1.03. The number of hydrogen-bond acceptors (Lipinski definition) is 4. The number of hydroxylamine groups is 1. The average Bonchev–Trinajstić information content (AvgIpc) is 2.42. The monoisotopic (exact) mass is 179 g/mol. The first-order valence-corrected chi connectivity index (χ1v) is 3.91. The summed E-state index contributed by atoms with van der Waals surface area (Å²) in [5, 5.41) is 8.86. The molecular formula is C9H9NO3. The molecule has 0 unspecified atom stereocenters. The second-order valence-corrected chi connectivity index (χ2v) is 3.08. The Hall–Kier alpha value is -1.39. The van der Waals surface area contributed by atoms with Gasteiger partial charge in [0.2, 0.25) is 5.72 Å². The topological polar surface area (TPSA) is 58.6 Å². The molecule has 0 aliphatic carbocycles. The maximum atomic E-state index is 11.3. The van der Waals surface area contributed by atoms with Crippen molar-refractivity contribution in [3.63, 3.8) is 0 Å². The lowest BCUT2D eigenvalue weighted by molar-refractivity contribution is -0.0886. The summed E-state index contributed by atoms with van der Waals surface area (Å²) in [6.45, 7) is 1.59. The number of carbonyl (C=O) groups is 1. The Morgan fingerprint density at radius 2 is 2.15 bits per heavy atom. The zero-order valence-electron chi connectivity index (χ0n) is 7.07. The van der Waals surface area contributed by atoms with E-state index in [0.717, 1.165) is 0 Å². The van der Waals surface area contributed by atoms with Crippen LogP contribution < -0.4 is 5.48 Å². The quantitative estimate of drug-likeness (QED) is 0.499. The molecule has 4 heteroatoms. The van der Waals surface area contributed by atoms with E-state index < -0.39 is 11.7 Å². The minimum absolute atomic E-state index is 0.417. The minimum atomic E-state index is -1.10. The van der Waals surface area contributed by atoms with E-state index in [1.165, 1.54) is 0 Å². The van der Waals surface area contributed by atoms with Crippen LogP contribution in [0.25, 0.3) is 0 Å². The van der Waals surface area contributed by atoms with Gasteiger partial charge in [-0.15, -0.1) is 0 Å². The number of carbonyl (C=O) groups excluding carboxylic acids is 1. The molecule has 1 aromatic rings. The molecule has 2 N–H and O–H groups in total. The van der Waals surface area contributed by atoms with E-state index in [4.69, 9.17) is 9.94 Å². The Morgan fingerprint density at radius 1 is 1.46 bits per heavy atom. The fourth-order valence-electron chi connectivity index (χ4n) is 1.46. The molecule has 0 aromatic heterocycles. The molecule has 1 aliphatic heterocycles. The van der Waals surface area contributed by atoms with E-state index in [0.29, 0.717) is 11.1 Å². The van der Waals surface area contributed by atoms with Gasteiger partial charge in [0.05, 0.1) is 5.56 Å². The second-order valence-electron chi connectivity index (χ2n) is 3.08. The number of hydrogen-bond donors (Lipinski definition) is 2. The Morgan fingerprint density at radius 3 is 2.85 bits per heavy atom. The number of rotatable bonds is 1. The number of benzene rings is 1. The molecule has 0 bridgehead atoms. The number of ether oxygens (including phenoxy) is 1. The molecule has 1 atom stereocenters. The van der Waals surface area contributed by atoms with E-state index in [1.807, 2.05) is 5.48 Å². The molecule has 13 heavy (non-hydrogen) atoms. The van der Waals surface area contributed by atoms with Gasteiger partial charge in [-0.1, -0.05) is 18.2 Å². The Kier molecular flexibility index (Phi) is 1.61. The van der Waals surface area contributed by atoms with Crippen LogP contribution >= 0.6 is 0 Å². The smallest absolute Gasteiger partial charge is 0.340 e. The number of nitrogens with one attached hydrogen (secondary N) is 1. The van der Waals surface area contributed by atoms with Gasteiger partial charge in [-0.05, 0) is 13.0 Å². The predicted octanol–water partition coefficient (Wildman–Crippen LogP) is 1.01. The normalized spacial score (nSPS) is 25.5. The summed E-state index contributed by atoms with van der Waals surface area (Å²) < 4.78 is 4.97. The maximum Gasteiger partial charge on any atom is 0.340 e. The van der Waals surface area contributed by atoms with Gasteiger partial charge in [0.25, 0.3) is 0 Å². The molecule has 0 fully saturated rings. The average molecular weight is 179 g/mol. The van der Waals surface area contributed by atoms with Crippen LogP contribution in [0.3, 0.4) is 0 Å².